The molecule has 1 rings (SSSR count). The minimum atomic E-state index is -0.743. The second-order valence-corrected chi connectivity index (χ2v) is 3.34. The molecule has 1 aromatic rings. The van der Waals surface area contributed by atoms with E-state index in [2.05, 4.69) is 14.8 Å². The summed E-state index contributed by atoms with van der Waals surface area (Å²) in [6.07, 6.45) is 4.93. The summed E-state index contributed by atoms with van der Waals surface area (Å²) in [6.45, 7) is 0. The van der Waals surface area contributed by atoms with Gasteiger partial charge in [0.15, 0.2) is 0 Å². The first-order chi connectivity index (χ1) is 9.03. The molecule has 0 spiro atoms. The van der Waals surface area contributed by atoms with Gasteiger partial charge in [-0.15, -0.1) is 6.42 Å². The molecule has 0 aliphatic carbocycles. The summed E-state index contributed by atoms with van der Waals surface area (Å²) in [5.41, 5.74) is 0.332. The molecule has 1 N–H and O–H groups in total. The Morgan fingerprint density at radius 2 is 1.79 bits per heavy atom. The van der Waals surface area contributed by atoms with Crippen molar-refractivity contribution < 1.29 is 23.9 Å². The van der Waals surface area contributed by atoms with Gasteiger partial charge >= 0.3 is 11.9 Å². The zero-order chi connectivity index (χ0) is 14.4. The van der Waals surface area contributed by atoms with Crippen molar-refractivity contribution in [3.63, 3.8) is 0 Å². The number of hydrogen-bond acceptors (Lipinski definition) is 5. The first-order valence-corrected chi connectivity index (χ1v) is 5.11. The third-order valence-electron chi connectivity index (χ3n) is 2.23. The van der Waals surface area contributed by atoms with Crippen LogP contribution in [0.2, 0.25) is 0 Å². The second-order valence-electron chi connectivity index (χ2n) is 3.34. The van der Waals surface area contributed by atoms with E-state index in [4.69, 9.17) is 6.42 Å². The minimum Gasteiger partial charge on any atom is -0.465 e. The van der Waals surface area contributed by atoms with Gasteiger partial charge in [-0.25, -0.2) is 9.59 Å². The maximum absolute atomic E-state index is 11.5. The van der Waals surface area contributed by atoms with Crippen LogP contribution in [-0.2, 0) is 14.3 Å². The van der Waals surface area contributed by atoms with E-state index in [9.17, 15) is 14.4 Å². The highest BCUT2D eigenvalue weighted by Crippen LogP contribution is 2.19. The Balaban J connectivity index is 3.26. The number of benzene rings is 1. The number of terminal acetylenes is 1. The molecule has 0 unspecified atom stereocenters. The maximum Gasteiger partial charge on any atom is 0.339 e. The third kappa shape index (κ3) is 3.33. The van der Waals surface area contributed by atoms with E-state index < -0.39 is 17.8 Å². The molecule has 0 saturated carbocycles. The predicted octanol–water partition coefficient (Wildman–Crippen LogP) is 0.831. The van der Waals surface area contributed by atoms with Crippen molar-refractivity contribution in [3.8, 4) is 12.3 Å². The molecule has 0 bridgehead atoms. The first kappa shape index (κ1) is 14.3. The van der Waals surface area contributed by atoms with Crippen molar-refractivity contribution in [1.82, 2.24) is 0 Å². The second kappa shape index (κ2) is 6.21. The zero-order valence-electron chi connectivity index (χ0n) is 10.4. The van der Waals surface area contributed by atoms with E-state index in [1.54, 1.807) is 0 Å². The van der Waals surface area contributed by atoms with Gasteiger partial charge in [0.05, 0.1) is 31.0 Å². The SMILES string of the molecule is C#CC(=O)Nc1cc(C(=O)OC)ccc1C(=O)OC. The number of anilines is 1. The Kier molecular flexibility index (Phi) is 4.66. The lowest BCUT2D eigenvalue weighted by molar-refractivity contribution is -0.111. The zero-order valence-corrected chi connectivity index (χ0v) is 10.4. The number of esters is 2. The van der Waals surface area contributed by atoms with Crippen LogP contribution >= 0.6 is 0 Å². The van der Waals surface area contributed by atoms with Crippen molar-refractivity contribution in [3.05, 3.63) is 29.3 Å². The summed E-state index contributed by atoms with van der Waals surface area (Å²) in [6, 6.07) is 4.00. The molecular formula is C13H11NO5. The van der Waals surface area contributed by atoms with Gasteiger partial charge in [-0.3, -0.25) is 4.79 Å². The highest BCUT2D eigenvalue weighted by atomic mass is 16.5. The van der Waals surface area contributed by atoms with Crippen LogP contribution < -0.4 is 5.32 Å². The number of ether oxygens (including phenoxy) is 2. The molecule has 0 aromatic heterocycles. The molecule has 1 aromatic carbocycles. The smallest absolute Gasteiger partial charge is 0.339 e. The molecule has 19 heavy (non-hydrogen) atoms. The number of rotatable bonds is 3. The van der Waals surface area contributed by atoms with Gasteiger partial charge in [-0.2, -0.15) is 0 Å². The monoisotopic (exact) mass is 261 g/mol. The Labute approximate surface area is 109 Å². The Morgan fingerprint density at radius 3 is 2.32 bits per heavy atom. The molecule has 6 heteroatoms. The van der Waals surface area contributed by atoms with Crippen molar-refractivity contribution in [2.45, 2.75) is 0 Å². The quantitative estimate of drug-likeness (QED) is 0.643. The van der Waals surface area contributed by atoms with Crippen LogP contribution in [0.5, 0.6) is 0 Å². The largest absolute Gasteiger partial charge is 0.465 e. The summed E-state index contributed by atoms with van der Waals surface area (Å²) in [5.74, 6) is -0.169. The number of nitrogens with one attached hydrogen (secondary N) is 1. The minimum absolute atomic E-state index is 0.0812. The van der Waals surface area contributed by atoms with E-state index in [0.29, 0.717) is 0 Å². The topological polar surface area (TPSA) is 81.7 Å². The third-order valence-corrected chi connectivity index (χ3v) is 2.23. The van der Waals surface area contributed by atoms with Crippen LogP contribution in [-0.4, -0.2) is 32.1 Å². The van der Waals surface area contributed by atoms with E-state index in [-0.39, 0.29) is 16.8 Å². The number of hydrogen-bond donors (Lipinski definition) is 1. The molecule has 98 valence electrons. The van der Waals surface area contributed by atoms with Crippen LogP contribution in [0, 0.1) is 12.3 Å². The normalized spacial score (nSPS) is 9.11. The number of carbonyl (C=O) groups excluding carboxylic acids is 3. The summed E-state index contributed by atoms with van der Waals surface area (Å²) in [4.78, 5) is 34.1. The summed E-state index contributed by atoms with van der Waals surface area (Å²) >= 11 is 0. The van der Waals surface area contributed by atoms with Crippen molar-refractivity contribution in [2.24, 2.45) is 0 Å². The van der Waals surface area contributed by atoms with Crippen LogP contribution in [0.4, 0.5) is 5.69 Å². The van der Waals surface area contributed by atoms with Crippen LogP contribution in [0.15, 0.2) is 18.2 Å². The fourth-order valence-corrected chi connectivity index (χ4v) is 1.34. The van der Waals surface area contributed by atoms with E-state index in [1.165, 1.54) is 32.4 Å². The lowest BCUT2D eigenvalue weighted by Crippen LogP contribution is -2.14. The predicted molar refractivity (Wildman–Crippen MR) is 66.6 cm³/mol. The molecule has 0 aliphatic heterocycles. The van der Waals surface area contributed by atoms with Gasteiger partial charge in [-0.1, -0.05) is 0 Å². The molecule has 0 atom stereocenters. The Bertz CT molecular complexity index is 571. The first-order valence-electron chi connectivity index (χ1n) is 5.11. The van der Waals surface area contributed by atoms with Gasteiger partial charge in [-0.05, 0) is 24.1 Å². The highest BCUT2D eigenvalue weighted by molar-refractivity contribution is 6.08. The lowest BCUT2D eigenvalue weighted by Gasteiger charge is -2.09. The molecule has 1 amide bonds. The summed E-state index contributed by atoms with van der Waals surface area (Å²) in [7, 11) is 2.42. The maximum atomic E-state index is 11.5. The number of methoxy groups -OCH3 is 2. The van der Waals surface area contributed by atoms with E-state index in [1.807, 2.05) is 5.92 Å². The fourth-order valence-electron chi connectivity index (χ4n) is 1.34. The lowest BCUT2D eigenvalue weighted by atomic mass is 10.1. The van der Waals surface area contributed by atoms with Crippen LogP contribution in [0.25, 0.3) is 0 Å². The van der Waals surface area contributed by atoms with Crippen molar-refractivity contribution in [1.29, 1.82) is 0 Å². The standard InChI is InChI=1S/C13H11NO5/c1-4-11(15)14-10-7-8(12(16)18-2)5-6-9(10)13(17)19-3/h1,5-7H,2-3H3,(H,14,15). The number of amides is 1. The summed E-state index contributed by atoms with van der Waals surface area (Å²) in [5, 5.41) is 2.31. The van der Waals surface area contributed by atoms with E-state index >= 15 is 0 Å². The molecule has 0 heterocycles. The van der Waals surface area contributed by atoms with Gasteiger partial charge in [0.1, 0.15) is 0 Å². The Hall–Kier alpha value is -2.81. The molecule has 0 saturated heterocycles. The average Bonchev–Trinajstić information content (AvgIpc) is 2.45. The van der Waals surface area contributed by atoms with Gasteiger partial charge < -0.3 is 14.8 Å². The summed E-state index contributed by atoms with van der Waals surface area (Å²) < 4.78 is 9.10. The molecule has 0 radical (unpaired) electrons. The van der Waals surface area contributed by atoms with Crippen LogP contribution in [0.1, 0.15) is 20.7 Å². The van der Waals surface area contributed by atoms with Gasteiger partial charge in [0.25, 0.3) is 5.91 Å². The Morgan fingerprint density at radius 1 is 1.16 bits per heavy atom. The van der Waals surface area contributed by atoms with E-state index in [0.717, 1.165) is 0 Å². The fraction of sp³-hybridized carbons (Fsp3) is 0.154. The van der Waals surface area contributed by atoms with Crippen molar-refractivity contribution >= 4 is 23.5 Å². The molecular weight excluding hydrogens is 250 g/mol. The van der Waals surface area contributed by atoms with Crippen LogP contribution in [0.3, 0.4) is 0 Å². The molecule has 6 nitrogen and oxygen atoms in total. The van der Waals surface area contributed by atoms with Crippen molar-refractivity contribution in [2.75, 3.05) is 19.5 Å². The van der Waals surface area contributed by atoms with Gasteiger partial charge in [0, 0.05) is 0 Å². The van der Waals surface area contributed by atoms with Gasteiger partial charge in [0.2, 0.25) is 0 Å². The average molecular weight is 261 g/mol. The molecule has 0 fully saturated rings. The highest BCUT2D eigenvalue weighted by Gasteiger charge is 2.16. The number of carbonyl (C=O) groups is 3. The molecule has 0 aliphatic rings.